The number of hydrogen-bond acceptors (Lipinski definition) is 9. The fraction of sp³-hybridized carbons (Fsp3) is 0.200. The number of aliphatic hydroxyl groups is 1. The minimum atomic E-state index is -1.04. The summed E-state index contributed by atoms with van der Waals surface area (Å²) in [7, 11) is 1.33. The number of benzene rings is 4. The van der Waals surface area contributed by atoms with Crippen LogP contribution in [0.1, 0.15) is 42.5 Å². The second-order valence-corrected chi connectivity index (χ2v) is 12.7. The van der Waals surface area contributed by atoms with Crippen molar-refractivity contribution in [1.82, 2.24) is 10.2 Å². The van der Waals surface area contributed by atoms with Gasteiger partial charge in [-0.2, -0.15) is 0 Å². The van der Waals surface area contributed by atoms with E-state index in [1.54, 1.807) is 24.3 Å². The number of amides is 1. The van der Waals surface area contributed by atoms with Crippen molar-refractivity contribution in [2.75, 3.05) is 18.6 Å². The van der Waals surface area contributed by atoms with Crippen LogP contribution in [0.4, 0.5) is 9.52 Å². The highest BCUT2D eigenvalue weighted by Crippen LogP contribution is 2.44. The molecule has 0 radical (unpaired) electrons. The van der Waals surface area contributed by atoms with E-state index in [9.17, 15) is 19.1 Å². The van der Waals surface area contributed by atoms with Gasteiger partial charge in [0.2, 0.25) is 5.13 Å². The van der Waals surface area contributed by atoms with Crippen LogP contribution in [0.2, 0.25) is 0 Å². The van der Waals surface area contributed by atoms with Crippen LogP contribution in [0, 0.1) is 5.82 Å². The van der Waals surface area contributed by atoms with Gasteiger partial charge in [0.25, 0.3) is 5.78 Å². The number of aromatic nitrogens is 2. The molecule has 1 aromatic heterocycles. The van der Waals surface area contributed by atoms with E-state index in [4.69, 9.17) is 9.47 Å². The van der Waals surface area contributed by atoms with E-state index in [0.717, 1.165) is 35.2 Å². The summed E-state index contributed by atoms with van der Waals surface area (Å²) in [5.41, 5.74) is 1.52. The summed E-state index contributed by atoms with van der Waals surface area (Å²) in [4.78, 5) is 28.5. The quantitative estimate of drug-likeness (QED) is 0.0382. The first-order valence-electron chi connectivity index (χ1n) is 14.7. The molecule has 0 bridgehead atoms. The number of Topliss-reactive ketones (excluding diaryl/α,β-unsaturated/α-hetero) is 1. The summed E-state index contributed by atoms with van der Waals surface area (Å²) >= 11 is 2.66. The van der Waals surface area contributed by atoms with Crippen LogP contribution in [0.3, 0.4) is 0 Å². The summed E-state index contributed by atoms with van der Waals surface area (Å²) in [6.07, 6.45) is 1.89. The molecule has 8 nitrogen and oxygen atoms in total. The van der Waals surface area contributed by atoms with Crippen molar-refractivity contribution in [3.8, 4) is 11.5 Å². The number of ether oxygens (including phenoxy) is 2. The van der Waals surface area contributed by atoms with Gasteiger partial charge in [-0.05, 0) is 58.7 Å². The zero-order valence-electron chi connectivity index (χ0n) is 25.1. The normalized spacial score (nSPS) is 15.9. The standard InChI is InChI=1S/C35H30FN3O5S2/c1-3-4-18-44-25-15-12-22(13-16-25)30-29(31(40)23-14-17-28(43-2)27(36)19-23)32(41)33(42)39(30)34-37-38-35(46-34)45-20-24-10-7-9-21-8-5-6-11-26(21)24/h5-17,19,30,40H,3-4,18,20H2,1-2H3/b31-29-. The third-order valence-electron chi connectivity index (χ3n) is 7.67. The van der Waals surface area contributed by atoms with Gasteiger partial charge in [0, 0.05) is 11.3 Å². The van der Waals surface area contributed by atoms with Gasteiger partial charge in [0.1, 0.15) is 11.5 Å². The molecule has 0 saturated carbocycles. The van der Waals surface area contributed by atoms with Gasteiger partial charge >= 0.3 is 5.91 Å². The van der Waals surface area contributed by atoms with Crippen molar-refractivity contribution in [2.45, 2.75) is 35.9 Å². The van der Waals surface area contributed by atoms with Crippen LogP contribution in [0.5, 0.6) is 11.5 Å². The predicted octanol–water partition coefficient (Wildman–Crippen LogP) is 7.94. The number of aliphatic hydroxyl groups excluding tert-OH is 1. The fourth-order valence-electron chi connectivity index (χ4n) is 5.31. The Balaban J connectivity index is 1.36. The number of anilines is 1. The van der Waals surface area contributed by atoms with Crippen LogP contribution >= 0.6 is 23.1 Å². The van der Waals surface area contributed by atoms with Gasteiger partial charge in [0.15, 0.2) is 15.9 Å². The molecule has 2 heterocycles. The van der Waals surface area contributed by atoms with Gasteiger partial charge in [-0.25, -0.2) is 4.39 Å². The largest absolute Gasteiger partial charge is 0.507 e. The van der Waals surface area contributed by atoms with Crippen molar-refractivity contribution >= 4 is 56.5 Å². The van der Waals surface area contributed by atoms with Crippen LogP contribution in [-0.4, -0.2) is 40.7 Å². The lowest BCUT2D eigenvalue weighted by molar-refractivity contribution is -0.132. The van der Waals surface area contributed by atoms with E-state index in [0.29, 0.717) is 28.0 Å². The number of carbonyl (C=O) groups is 2. The molecule has 1 saturated heterocycles. The fourth-order valence-corrected chi connectivity index (χ4v) is 7.18. The number of hydrogen-bond donors (Lipinski definition) is 1. The number of methoxy groups -OCH3 is 1. The highest BCUT2D eigenvalue weighted by molar-refractivity contribution is 8.00. The summed E-state index contributed by atoms with van der Waals surface area (Å²) in [5, 5.41) is 22.5. The molecule has 1 aliphatic heterocycles. The molecule has 0 spiro atoms. The molecule has 4 aromatic carbocycles. The van der Waals surface area contributed by atoms with Gasteiger partial charge in [-0.3, -0.25) is 14.5 Å². The first-order chi connectivity index (χ1) is 22.4. The van der Waals surface area contributed by atoms with Crippen LogP contribution in [0.25, 0.3) is 16.5 Å². The lowest BCUT2D eigenvalue weighted by Gasteiger charge is -2.22. The maximum atomic E-state index is 14.6. The first-order valence-corrected chi connectivity index (χ1v) is 16.5. The van der Waals surface area contributed by atoms with Crippen LogP contribution in [0.15, 0.2) is 94.8 Å². The van der Waals surface area contributed by atoms with E-state index in [-0.39, 0.29) is 22.0 Å². The second-order valence-electron chi connectivity index (χ2n) is 10.6. The minimum Gasteiger partial charge on any atom is -0.507 e. The number of ketones is 1. The third-order valence-corrected chi connectivity index (χ3v) is 9.77. The molecule has 1 amide bonds. The van der Waals surface area contributed by atoms with Gasteiger partial charge in [-0.15, -0.1) is 10.2 Å². The van der Waals surface area contributed by atoms with Crippen LogP contribution in [-0.2, 0) is 15.3 Å². The number of unbranched alkanes of at least 4 members (excludes halogenated alkanes) is 1. The van der Waals surface area contributed by atoms with Crippen LogP contribution < -0.4 is 14.4 Å². The van der Waals surface area contributed by atoms with E-state index in [1.807, 2.05) is 18.2 Å². The van der Waals surface area contributed by atoms with Gasteiger partial charge in [0.05, 0.1) is 25.3 Å². The molecule has 46 heavy (non-hydrogen) atoms. The molecule has 1 N–H and O–H groups in total. The molecular weight excluding hydrogens is 626 g/mol. The average molecular weight is 656 g/mol. The van der Waals surface area contributed by atoms with Crippen molar-refractivity contribution in [1.29, 1.82) is 0 Å². The molecule has 11 heteroatoms. The molecular formula is C35H30FN3O5S2. The van der Waals surface area contributed by atoms with Crippen molar-refractivity contribution in [3.05, 3.63) is 113 Å². The Hall–Kier alpha value is -4.74. The zero-order valence-corrected chi connectivity index (χ0v) is 26.7. The molecule has 1 aliphatic rings. The minimum absolute atomic E-state index is 0.0189. The Labute approximate surface area is 273 Å². The molecule has 234 valence electrons. The van der Waals surface area contributed by atoms with E-state index in [1.165, 1.54) is 47.2 Å². The number of carbonyl (C=O) groups excluding carboxylic acids is 2. The third kappa shape index (κ3) is 6.20. The zero-order chi connectivity index (χ0) is 32.2. The summed E-state index contributed by atoms with van der Waals surface area (Å²) in [5.74, 6) is -1.77. The molecule has 1 fully saturated rings. The first kappa shape index (κ1) is 31.3. The van der Waals surface area contributed by atoms with Crippen molar-refractivity contribution in [3.63, 3.8) is 0 Å². The topological polar surface area (TPSA) is 102 Å². The lowest BCUT2D eigenvalue weighted by atomic mass is 9.95. The van der Waals surface area contributed by atoms with Gasteiger partial charge < -0.3 is 14.6 Å². The van der Waals surface area contributed by atoms with Gasteiger partial charge in [-0.1, -0.05) is 91.0 Å². The smallest absolute Gasteiger partial charge is 0.301 e. The Bertz CT molecular complexity index is 1940. The maximum Gasteiger partial charge on any atom is 0.301 e. The van der Waals surface area contributed by atoms with E-state index >= 15 is 0 Å². The number of thioether (sulfide) groups is 1. The molecule has 0 aliphatic carbocycles. The summed E-state index contributed by atoms with van der Waals surface area (Å²) < 4.78 is 26.0. The number of nitrogens with zero attached hydrogens (tertiary/aromatic N) is 3. The van der Waals surface area contributed by atoms with Crippen molar-refractivity contribution in [2.24, 2.45) is 0 Å². The number of halogens is 1. The number of rotatable bonds is 11. The molecule has 6 rings (SSSR count). The summed E-state index contributed by atoms with van der Waals surface area (Å²) in [6, 6.07) is 24.1. The maximum absolute atomic E-state index is 14.6. The average Bonchev–Trinajstić information content (AvgIpc) is 3.65. The molecule has 1 atom stereocenters. The lowest BCUT2D eigenvalue weighted by Crippen LogP contribution is -2.29. The van der Waals surface area contributed by atoms with Crippen molar-refractivity contribution < 1.29 is 28.6 Å². The Morgan fingerprint density at radius 1 is 1.02 bits per heavy atom. The SMILES string of the molecule is CCCCOc1ccc(C2/C(=C(/O)c3ccc(OC)c(F)c3)C(=O)C(=O)N2c2nnc(SCc3cccc4ccccc34)s2)cc1. The monoisotopic (exact) mass is 655 g/mol. The second kappa shape index (κ2) is 13.7. The Morgan fingerprint density at radius 3 is 2.57 bits per heavy atom. The Kier molecular flexibility index (Phi) is 9.32. The Morgan fingerprint density at radius 2 is 1.80 bits per heavy atom. The van der Waals surface area contributed by atoms with E-state index < -0.39 is 29.3 Å². The predicted molar refractivity (Wildman–Crippen MR) is 178 cm³/mol. The molecule has 1 unspecified atom stereocenters. The summed E-state index contributed by atoms with van der Waals surface area (Å²) in [6.45, 7) is 2.63. The number of fused-ring (bicyclic) bond motifs is 1. The highest BCUT2D eigenvalue weighted by atomic mass is 32.2. The van der Waals surface area contributed by atoms with E-state index in [2.05, 4.69) is 41.4 Å². The molecule has 5 aromatic rings. The highest BCUT2D eigenvalue weighted by Gasteiger charge is 2.48.